The Bertz CT molecular complexity index is 350. The molecule has 0 radical (unpaired) electrons. The lowest BCUT2D eigenvalue weighted by atomic mass is 10.0. The van der Waals surface area contributed by atoms with Gasteiger partial charge >= 0.3 is 0 Å². The molecule has 0 spiro atoms. The fourth-order valence-corrected chi connectivity index (χ4v) is 2.12. The summed E-state index contributed by atoms with van der Waals surface area (Å²) in [6.07, 6.45) is 1.05. The molecular formula is C16H28N2O. The Balaban J connectivity index is 2.60. The number of rotatable bonds is 8. The average Bonchev–Trinajstić information content (AvgIpc) is 2.43. The van der Waals surface area contributed by atoms with Crippen LogP contribution in [0.2, 0.25) is 0 Å². The fourth-order valence-electron chi connectivity index (χ4n) is 2.12. The molecule has 0 aliphatic carbocycles. The molecule has 108 valence electrons. The lowest BCUT2D eigenvalue weighted by Gasteiger charge is -2.26. The van der Waals surface area contributed by atoms with Crippen molar-refractivity contribution in [2.45, 2.75) is 39.3 Å². The summed E-state index contributed by atoms with van der Waals surface area (Å²) in [4.78, 5) is 2.21. The highest BCUT2D eigenvalue weighted by Gasteiger charge is 2.13. The Labute approximate surface area is 117 Å². The van der Waals surface area contributed by atoms with Gasteiger partial charge in [-0.05, 0) is 39.4 Å². The van der Waals surface area contributed by atoms with Gasteiger partial charge in [0.15, 0.2) is 0 Å². The minimum Gasteiger partial charge on any atom is -0.395 e. The number of aliphatic hydroxyl groups excluding tert-OH is 1. The van der Waals surface area contributed by atoms with Crippen LogP contribution in [-0.2, 0) is 0 Å². The zero-order chi connectivity index (χ0) is 14.3. The van der Waals surface area contributed by atoms with E-state index in [0.717, 1.165) is 19.5 Å². The van der Waals surface area contributed by atoms with Crippen molar-refractivity contribution in [1.82, 2.24) is 10.2 Å². The number of aryl methyl sites for hydroxylation is 1. The third-order valence-electron chi connectivity index (χ3n) is 3.72. The van der Waals surface area contributed by atoms with E-state index in [0.29, 0.717) is 6.04 Å². The van der Waals surface area contributed by atoms with Gasteiger partial charge in [-0.3, -0.25) is 0 Å². The van der Waals surface area contributed by atoms with Gasteiger partial charge < -0.3 is 15.3 Å². The topological polar surface area (TPSA) is 35.5 Å². The molecule has 19 heavy (non-hydrogen) atoms. The van der Waals surface area contributed by atoms with Crippen molar-refractivity contribution in [2.75, 3.05) is 26.7 Å². The molecule has 1 aromatic carbocycles. The second kappa shape index (κ2) is 8.31. The smallest absolute Gasteiger partial charge is 0.0584 e. The van der Waals surface area contributed by atoms with Gasteiger partial charge in [-0.25, -0.2) is 0 Å². The number of nitrogens with one attached hydrogen (secondary N) is 1. The summed E-state index contributed by atoms with van der Waals surface area (Å²) in [7, 11) is 2.07. The predicted molar refractivity (Wildman–Crippen MR) is 81.4 cm³/mol. The minimum absolute atomic E-state index is 0.215. The van der Waals surface area contributed by atoms with Crippen LogP contribution in [0.15, 0.2) is 24.3 Å². The third-order valence-corrected chi connectivity index (χ3v) is 3.72. The number of benzene rings is 1. The first-order chi connectivity index (χ1) is 9.08. The molecular weight excluding hydrogens is 236 g/mol. The van der Waals surface area contributed by atoms with Gasteiger partial charge in [0.25, 0.3) is 0 Å². The molecule has 0 aliphatic rings. The van der Waals surface area contributed by atoms with Gasteiger partial charge in [0, 0.05) is 18.6 Å². The van der Waals surface area contributed by atoms with E-state index in [1.54, 1.807) is 0 Å². The van der Waals surface area contributed by atoms with Crippen molar-refractivity contribution >= 4 is 0 Å². The number of hydrogen-bond acceptors (Lipinski definition) is 3. The number of hydrogen-bond donors (Lipinski definition) is 2. The molecule has 1 aromatic rings. The van der Waals surface area contributed by atoms with E-state index < -0.39 is 0 Å². The first-order valence-corrected chi connectivity index (χ1v) is 7.19. The van der Waals surface area contributed by atoms with Gasteiger partial charge in [0.1, 0.15) is 0 Å². The van der Waals surface area contributed by atoms with E-state index in [9.17, 15) is 0 Å². The molecule has 2 unspecified atom stereocenters. The lowest BCUT2D eigenvalue weighted by Crippen LogP contribution is -2.35. The highest BCUT2D eigenvalue weighted by atomic mass is 16.3. The van der Waals surface area contributed by atoms with Crippen LogP contribution in [0, 0.1) is 6.92 Å². The minimum atomic E-state index is 0.215. The SMILES string of the molecule is CCNC(CCN(C)C(C)CO)c1ccc(C)cc1. The van der Waals surface area contributed by atoms with Crippen molar-refractivity contribution in [3.8, 4) is 0 Å². The Morgan fingerprint density at radius 1 is 1.26 bits per heavy atom. The highest BCUT2D eigenvalue weighted by molar-refractivity contribution is 5.24. The Morgan fingerprint density at radius 3 is 2.42 bits per heavy atom. The molecule has 0 heterocycles. The van der Waals surface area contributed by atoms with E-state index in [-0.39, 0.29) is 12.6 Å². The number of aliphatic hydroxyl groups is 1. The number of nitrogens with zero attached hydrogens (tertiary/aromatic N) is 1. The van der Waals surface area contributed by atoms with E-state index in [2.05, 4.69) is 55.4 Å². The molecule has 0 saturated carbocycles. The summed E-state index contributed by atoms with van der Waals surface area (Å²) in [6, 6.07) is 9.36. The molecule has 0 amide bonds. The van der Waals surface area contributed by atoms with Crippen LogP contribution in [0.25, 0.3) is 0 Å². The molecule has 0 saturated heterocycles. The van der Waals surface area contributed by atoms with E-state index in [1.165, 1.54) is 11.1 Å². The van der Waals surface area contributed by atoms with Crippen molar-refractivity contribution in [3.63, 3.8) is 0 Å². The maximum atomic E-state index is 9.16. The van der Waals surface area contributed by atoms with Crippen molar-refractivity contribution < 1.29 is 5.11 Å². The molecule has 0 aromatic heterocycles. The summed E-state index contributed by atoms with van der Waals surface area (Å²) in [5.41, 5.74) is 2.64. The Morgan fingerprint density at radius 2 is 1.89 bits per heavy atom. The monoisotopic (exact) mass is 264 g/mol. The maximum absolute atomic E-state index is 9.16. The quantitative estimate of drug-likeness (QED) is 0.756. The molecule has 0 bridgehead atoms. The Kier molecular flexibility index (Phi) is 7.06. The third kappa shape index (κ3) is 5.31. The average molecular weight is 264 g/mol. The molecule has 2 atom stereocenters. The van der Waals surface area contributed by atoms with Gasteiger partial charge in [-0.1, -0.05) is 36.8 Å². The van der Waals surface area contributed by atoms with Crippen LogP contribution in [0.5, 0.6) is 0 Å². The van der Waals surface area contributed by atoms with Crippen molar-refractivity contribution in [1.29, 1.82) is 0 Å². The van der Waals surface area contributed by atoms with Gasteiger partial charge in [0.2, 0.25) is 0 Å². The van der Waals surface area contributed by atoms with Gasteiger partial charge in [-0.2, -0.15) is 0 Å². The maximum Gasteiger partial charge on any atom is 0.0584 e. The first-order valence-electron chi connectivity index (χ1n) is 7.19. The largest absolute Gasteiger partial charge is 0.395 e. The second-order valence-corrected chi connectivity index (χ2v) is 5.32. The summed E-state index contributed by atoms with van der Waals surface area (Å²) >= 11 is 0. The number of likely N-dealkylation sites (N-methyl/N-ethyl adjacent to an activating group) is 1. The normalized spacial score (nSPS) is 14.6. The van der Waals surface area contributed by atoms with Crippen LogP contribution in [0.1, 0.15) is 37.4 Å². The van der Waals surface area contributed by atoms with Crippen LogP contribution in [0.4, 0.5) is 0 Å². The highest BCUT2D eigenvalue weighted by Crippen LogP contribution is 2.18. The first kappa shape index (κ1) is 16.2. The molecule has 2 N–H and O–H groups in total. The zero-order valence-electron chi connectivity index (χ0n) is 12.7. The summed E-state index contributed by atoms with van der Waals surface area (Å²) in [5.74, 6) is 0. The van der Waals surface area contributed by atoms with Crippen LogP contribution in [-0.4, -0.2) is 42.8 Å². The second-order valence-electron chi connectivity index (χ2n) is 5.32. The molecule has 1 rings (SSSR count). The predicted octanol–water partition coefficient (Wildman–Crippen LogP) is 2.35. The molecule has 0 fully saturated rings. The summed E-state index contributed by atoms with van der Waals surface area (Å²) in [5, 5.41) is 12.7. The Hall–Kier alpha value is -0.900. The fraction of sp³-hybridized carbons (Fsp3) is 0.625. The van der Waals surface area contributed by atoms with Crippen LogP contribution in [0.3, 0.4) is 0 Å². The van der Waals surface area contributed by atoms with Gasteiger partial charge in [0.05, 0.1) is 6.61 Å². The standard InChI is InChI=1S/C16H28N2O/c1-5-17-16(10-11-18(4)14(3)12-19)15-8-6-13(2)7-9-15/h6-9,14,16-17,19H,5,10-12H2,1-4H3. The van der Waals surface area contributed by atoms with Crippen molar-refractivity contribution in [2.24, 2.45) is 0 Å². The van der Waals surface area contributed by atoms with E-state index in [1.807, 2.05) is 6.92 Å². The molecule has 3 heteroatoms. The molecule has 0 aliphatic heterocycles. The van der Waals surface area contributed by atoms with Crippen LogP contribution >= 0.6 is 0 Å². The van der Waals surface area contributed by atoms with Gasteiger partial charge in [-0.15, -0.1) is 0 Å². The lowest BCUT2D eigenvalue weighted by molar-refractivity contribution is 0.154. The van der Waals surface area contributed by atoms with E-state index >= 15 is 0 Å². The summed E-state index contributed by atoms with van der Waals surface area (Å²) in [6.45, 7) is 8.47. The van der Waals surface area contributed by atoms with Crippen LogP contribution < -0.4 is 5.32 Å². The zero-order valence-corrected chi connectivity index (χ0v) is 12.7. The van der Waals surface area contributed by atoms with E-state index in [4.69, 9.17) is 5.11 Å². The van der Waals surface area contributed by atoms with Crippen molar-refractivity contribution in [3.05, 3.63) is 35.4 Å². The summed E-state index contributed by atoms with van der Waals surface area (Å²) < 4.78 is 0. The molecule has 3 nitrogen and oxygen atoms in total.